The van der Waals surface area contributed by atoms with Gasteiger partial charge in [0.15, 0.2) is 17.0 Å². The van der Waals surface area contributed by atoms with Crippen molar-refractivity contribution in [2.75, 3.05) is 56.2 Å². The number of amides is 1. The average Bonchev–Trinajstić information content (AvgIpc) is 3.14. The Morgan fingerprint density at radius 3 is 2.60 bits per heavy atom. The summed E-state index contributed by atoms with van der Waals surface area (Å²) in [6, 6.07) is 8.02. The number of nitrogens with zero attached hydrogens (tertiary/aromatic N) is 8. The fraction of sp³-hybridized carbons (Fsp3) is 0.450. The monoisotopic (exact) mass is 408 g/mol. The third-order valence-corrected chi connectivity index (χ3v) is 5.92. The van der Waals surface area contributed by atoms with Gasteiger partial charge in [-0.25, -0.2) is 14.6 Å². The van der Waals surface area contributed by atoms with Gasteiger partial charge in [-0.15, -0.1) is 5.10 Å². The second kappa shape index (κ2) is 7.43. The molecule has 10 nitrogen and oxygen atoms in total. The van der Waals surface area contributed by atoms with E-state index in [1.165, 1.54) is 6.33 Å². The van der Waals surface area contributed by atoms with Crippen LogP contribution < -0.4 is 14.5 Å². The smallest absolute Gasteiger partial charge is 0.229 e. The molecule has 0 aliphatic carbocycles. The molecule has 30 heavy (non-hydrogen) atoms. The molecule has 5 rings (SSSR count). The first-order valence-corrected chi connectivity index (χ1v) is 10.1. The molecule has 2 fully saturated rings. The maximum atomic E-state index is 13.0. The van der Waals surface area contributed by atoms with E-state index in [1.807, 2.05) is 23.1 Å². The lowest BCUT2D eigenvalue weighted by Gasteiger charge is -2.43. The van der Waals surface area contributed by atoms with Gasteiger partial charge in [0.25, 0.3) is 0 Å². The minimum Gasteiger partial charge on any atom is -0.495 e. The number of benzene rings is 1. The molecule has 0 bridgehead atoms. The molecule has 0 unspecified atom stereocenters. The van der Waals surface area contributed by atoms with E-state index in [2.05, 4.69) is 36.1 Å². The quantitative estimate of drug-likeness (QED) is 0.618. The zero-order valence-electron chi connectivity index (χ0n) is 17.1. The molecule has 0 radical (unpaired) electrons. The first-order valence-electron chi connectivity index (χ1n) is 10.1. The number of anilines is 2. The lowest BCUT2D eigenvalue weighted by Crippen LogP contribution is -2.58. The van der Waals surface area contributed by atoms with Crippen molar-refractivity contribution in [3.05, 3.63) is 30.6 Å². The van der Waals surface area contributed by atoms with E-state index in [1.54, 1.807) is 18.8 Å². The fourth-order valence-electron chi connectivity index (χ4n) is 4.20. The molecule has 1 amide bonds. The van der Waals surface area contributed by atoms with Crippen LogP contribution in [0.5, 0.6) is 5.75 Å². The number of hydrogen-bond acceptors (Lipinski definition) is 8. The number of para-hydroxylation sites is 2. The van der Waals surface area contributed by atoms with Gasteiger partial charge in [-0.3, -0.25) is 4.79 Å². The number of fused-ring (bicyclic) bond motifs is 1. The lowest BCUT2D eigenvalue weighted by atomic mass is 9.98. The molecule has 156 valence electrons. The predicted molar refractivity (Wildman–Crippen MR) is 112 cm³/mol. The highest BCUT2D eigenvalue weighted by molar-refractivity contribution is 5.86. The number of carbonyl (C=O) groups excluding carboxylic acids is 1. The van der Waals surface area contributed by atoms with Crippen LogP contribution in [0.4, 0.5) is 11.5 Å². The molecular formula is C20H24N8O2. The summed E-state index contributed by atoms with van der Waals surface area (Å²) in [5.74, 6) is 1.82. The van der Waals surface area contributed by atoms with Crippen molar-refractivity contribution in [3.63, 3.8) is 0 Å². The van der Waals surface area contributed by atoms with Crippen LogP contribution in [0.15, 0.2) is 30.6 Å². The number of hydrogen-bond donors (Lipinski definition) is 0. The predicted octanol–water partition coefficient (Wildman–Crippen LogP) is 0.552. The molecule has 2 aromatic heterocycles. The number of methoxy groups -OCH3 is 1. The Hall–Kier alpha value is -3.43. The van der Waals surface area contributed by atoms with Gasteiger partial charge in [0.2, 0.25) is 5.91 Å². The molecule has 1 aromatic carbocycles. The van der Waals surface area contributed by atoms with Crippen LogP contribution in [0.2, 0.25) is 0 Å². The molecule has 0 spiro atoms. The van der Waals surface area contributed by atoms with E-state index < -0.39 is 0 Å². The summed E-state index contributed by atoms with van der Waals surface area (Å²) in [7, 11) is 3.49. The van der Waals surface area contributed by atoms with E-state index in [0.717, 1.165) is 43.4 Å². The van der Waals surface area contributed by atoms with Crippen LogP contribution in [-0.2, 0) is 11.8 Å². The Kier molecular flexibility index (Phi) is 4.61. The maximum Gasteiger partial charge on any atom is 0.229 e. The second-order valence-electron chi connectivity index (χ2n) is 7.67. The number of ether oxygens (including phenoxy) is 1. The fourth-order valence-corrected chi connectivity index (χ4v) is 4.20. The van der Waals surface area contributed by atoms with Gasteiger partial charge in [0, 0.05) is 46.3 Å². The summed E-state index contributed by atoms with van der Waals surface area (Å²) in [6.07, 6.45) is 1.52. The van der Waals surface area contributed by atoms with E-state index in [4.69, 9.17) is 4.74 Å². The molecule has 0 atom stereocenters. The topological polar surface area (TPSA) is 92.5 Å². The maximum absolute atomic E-state index is 13.0. The van der Waals surface area contributed by atoms with Crippen LogP contribution in [0.1, 0.15) is 0 Å². The van der Waals surface area contributed by atoms with Gasteiger partial charge in [-0.1, -0.05) is 17.3 Å². The highest BCUT2D eigenvalue weighted by Gasteiger charge is 2.38. The van der Waals surface area contributed by atoms with Gasteiger partial charge >= 0.3 is 0 Å². The molecule has 0 N–H and O–H groups in total. The Labute approximate surface area is 174 Å². The number of piperazine rings is 1. The lowest BCUT2D eigenvalue weighted by molar-refractivity contribution is -0.136. The Balaban J connectivity index is 1.19. The van der Waals surface area contributed by atoms with Crippen LogP contribution >= 0.6 is 0 Å². The van der Waals surface area contributed by atoms with Gasteiger partial charge in [-0.2, -0.15) is 0 Å². The van der Waals surface area contributed by atoms with Gasteiger partial charge < -0.3 is 19.4 Å². The average molecular weight is 408 g/mol. The van der Waals surface area contributed by atoms with E-state index in [9.17, 15) is 4.79 Å². The van der Waals surface area contributed by atoms with Crippen LogP contribution in [0, 0.1) is 5.92 Å². The number of rotatable bonds is 4. The number of aryl methyl sites for hydroxylation is 1. The standard InChI is InChI=1S/C20H24N8O2/c1-25-18-17(23-24-25)19(22-13-21-18)28-11-14(12-28)20(29)27-9-7-26(8-10-27)15-5-3-4-6-16(15)30-2/h3-6,13-14H,7-12H2,1-2H3. The van der Waals surface area contributed by atoms with Crippen molar-refractivity contribution in [2.45, 2.75) is 0 Å². The minimum atomic E-state index is -0.00972. The molecule has 10 heteroatoms. The van der Waals surface area contributed by atoms with E-state index >= 15 is 0 Å². The Morgan fingerprint density at radius 2 is 1.83 bits per heavy atom. The molecule has 0 saturated carbocycles. The van der Waals surface area contributed by atoms with Crippen molar-refractivity contribution >= 4 is 28.6 Å². The number of aromatic nitrogens is 5. The third kappa shape index (κ3) is 3.08. The van der Waals surface area contributed by atoms with E-state index in [0.29, 0.717) is 24.3 Å². The molecular weight excluding hydrogens is 384 g/mol. The molecule has 2 saturated heterocycles. The van der Waals surface area contributed by atoms with Gasteiger partial charge in [-0.05, 0) is 12.1 Å². The largest absolute Gasteiger partial charge is 0.495 e. The van der Waals surface area contributed by atoms with Crippen LogP contribution in [-0.4, -0.2) is 82.1 Å². The summed E-state index contributed by atoms with van der Waals surface area (Å²) < 4.78 is 7.10. The zero-order chi connectivity index (χ0) is 20.7. The minimum absolute atomic E-state index is 0.00972. The van der Waals surface area contributed by atoms with Crippen LogP contribution in [0.25, 0.3) is 11.2 Å². The van der Waals surface area contributed by atoms with E-state index in [-0.39, 0.29) is 11.8 Å². The van der Waals surface area contributed by atoms with Crippen molar-refractivity contribution in [3.8, 4) is 5.75 Å². The normalized spacial score (nSPS) is 17.3. The SMILES string of the molecule is COc1ccccc1N1CCN(C(=O)C2CN(c3ncnc4c3nnn4C)C2)CC1. The van der Waals surface area contributed by atoms with Gasteiger partial charge in [0.05, 0.1) is 18.7 Å². The summed E-state index contributed by atoms with van der Waals surface area (Å²) in [5, 5.41) is 8.19. The van der Waals surface area contributed by atoms with Crippen molar-refractivity contribution < 1.29 is 9.53 Å². The first kappa shape index (κ1) is 18.6. The number of carbonyl (C=O) groups is 1. The summed E-state index contributed by atoms with van der Waals surface area (Å²) in [4.78, 5) is 27.9. The highest BCUT2D eigenvalue weighted by Crippen LogP contribution is 2.30. The Morgan fingerprint density at radius 1 is 1.07 bits per heavy atom. The van der Waals surface area contributed by atoms with Crippen LogP contribution in [0.3, 0.4) is 0 Å². The van der Waals surface area contributed by atoms with Crippen molar-refractivity contribution in [1.29, 1.82) is 0 Å². The van der Waals surface area contributed by atoms with Crippen molar-refractivity contribution in [2.24, 2.45) is 13.0 Å². The molecule has 2 aliphatic heterocycles. The van der Waals surface area contributed by atoms with Crippen molar-refractivity contribution in [1.82, 2.24) is 29.9 Å². The zero-order valence-corrected chi connectivity index (χ0v) is 17.1. The third-order valence-electron chi connectivity index (χ3n) is 5.92. The molecule has 4 heterocycles. The summed E-state index contributed by atoms with van der Waals surface area (Å²) in [5.41, 5.74) is 2.46. The van der Waals surface area contributed by atoms with Gasteiger partial charge in [0.1, 0.15) is 12.1 Å². The second-order valence-corrected chi connectivity index (χ2v) is 7.67. The molecule has 2 aliphatic rings. The first-order chi connectivity index (χ1) is 14.7. The summed E-state index contributed by atoms with van der Waals surface area (Å²) in [6.45, 7) is 4.33. The molecule has 3 aromatic rings. The summed E-state index contributed by atoms with van der Waals surface area (Å²) >= 11 is 0. The Bertz CT molecular complexity index is 1070. The highest BCUT2D eigenvalue weighted by atomic mass is 16.5.